The van der Waals surface area contributed by atoms with Crippen LogP contribution in [0.5, 0.6) is 5.75 Å². The van der Waals surface area contributed by atoms with E-state index >= 15 is 0 Å². The van der Waals surface area contributed by atoms with Crippen molar-refractivity contribution in [1.29, 1.82) is 0 Å². The average Bonchev–Trinajstić information content (AvgIpc) is 3.15. The summed E-state index contributed by atoms with van der Waals surface area (Å²) >= 11 is 5.92. The molecule has 1 amide bonds. The summed E-state index contributed by atoms with van der Waals surface area (Å²) in [6.07, 6.45) is 0.815. The monoisotopic (exact) mass is 334 g/mol. The van der Waals surface area contributed by atoms with Crippen LogP contribution in [0, 0.1) is 6.92 Å². The summed E-state index contributed by atoms with van der Waals surface area (Å²) in [5.41, 5.74) is 0.905. The lowest BCUT2D eigenvalue weighted by Crippen LogP contribution is -2.24. The van der Waals surface area contributed by atoms with Crippen molar-refractivity contribution in [2.45, 2.75) is 20.1 Å². The van der Waals surface area contributed by atoms with E-state index in [0.717, 1.165) is 5.56 Å². The maximum Gasteiger partial charge on any atom is 0.254 e. The third-order valence-electron chi connectivity index (χ3n) is 3.29. The molecule has 0 saturated carbocycles. The summed E-state index contributed by atoms with van der Waals surface area (Å²) in [7, 11) is 0. The molecule has 0 saturated heterocycles. The molecule has 0 bridgehead atoms. The number of hydrogen-bond acceptors (Lipinski definition) is 5. The van der Waals surface area contributed by atoms with Gasteiger partial charge >= 0.3 is 0 Å². The fraction of sp³-hybridized carbons (Fsp3) is 0.250. The number of amides is 1. The van der Waals surface area contributed by atoms with Crippen LogP contribution in [0.15, 0.2) is 46.1 Å². The van der Waals surface area contributed by atoms with E-state index in [0.29, 0.717) is 22.4 Å². The Balaban J connectivity index is 1.71. The number of hydrogen-bond donors (Lipinski definition) is 0. The Hall–Kier alpha value is -2.47. The Morgan fingerprint density at radius 1 is 1.43 bits per heavy atom. The van der Waals surface area contributed by atoms with Crippen LogP contribution in [-0.2, 0) is 9.53 Å². The van der Waals surface area contributed by atoms with Crippen LogP contribution in [0.2, 0.25) is 5.02 Å². The van der Waals surface area contributed by atoms with Crippen LogP contribution in [-0.4, -0.2) is 23.4 Å². The SMILES string of the molecule is CC(=O)N1N=C(COc2ccc(Cl)cc2C)O[C@@H]1c1ccco1. The number of carbonyl (C=O) groups excluding carboxylic acids is 1. The highest BCUT2D eigenvalue weighted by Gasteiger charge is 2.34. The Kier molecular flexibility index (Phi) is 4.25. The maximum absolute atomic E-state index is 11.7. The Labute approximate surface area is 138 Å². The average molecular weight is 335 g/mol. The van der Waals surface area contributed by atoms with Crippen LogP contribution in [0.4, 0.5) is 0 Å². The minimum atomic E-state index is -0.701. The number of ether oxygens (including phenoxy) is 2. The number of benzene rings is 1. The predicted octanol–water partition coefficient (Wildman–Crippen LogP) is 3.51. The van der Waals surface area contributed by atoms with E-state index in [1.54, 1.807) is 24.3 Å². The molecule has 2 aromatic rings. The number of halogens is 1. The van der Waals surface area contributed by atoms with Gasteiger partial charge in [-0.3, -0.25) is 4.79 Å². The summed E-state index contributed by atoms with van der Waals surface area (Å²) < 4.78 is 16.7. The van der Waals surface area contributed by atoms with E-state index in [4.69, 9.17) is 25.5 Å². The van der Waals surface area contributed by atoms with Crippen molar-refractivity contribution in [1.82, 2.24) is 5.01 Å². The Morgan fingerprint density at radius 2 is 2.26 bits per heavy atom. The fourth-order valence-corrected chi connectivity index (χ4v) is 2.42. The number of rotatable bonds is 4. The highest BCUT2D eigenvalue weighted by Crippen LogP contribution is 2.29. The highest BCUT2D eigenvalue weighted by molar-refractivity contribution is 6.30. The lowest BCUT2D eigenvalue weighted by molar-refractivity contribution is -0.136. The van der Waals surface area contributed by atoms with Crippen molar-refractivity contribution in [2.24, 2.45) is 5.10 Å². The molecule has 1 aliphatic heterocycles. The molecule has 6 nitrogen and oxygen atoms in total. The maximum atomic E-state index is 11.7. The second-order valence-electron chi connectivity index (χ2n) is 5.04. The van der Waals surface area contributed by atoms with Crippen LogP contribution in [0.25, 0.3) is 0 Å². The van der Waals surface area contributed by atoms with E-state index in [9.17, 15) is 4.79 Å². The van der Waals surface area contributed by atoms with Gasteiger partial charge in [0.25, 0.3) is 6.23 Å². The lowest BCUT2D eigenvalue weighted by atomic mass is 10.2. The van der Waals surface area contributed by atoms with Crippen LogP contribution >= 0.6 is 11.6 Å². The van der Waals surface area contributed by atoms with E-state index in [1.165, 1.54) is 18.2 Å². The first-order valence-corrected chi connectivity index (χ1v) is 7.38. The molecule has 1 aliphatic rings. The van der Waals surface area contributed by atoms with Gasteiger partial charge in [-0.2, -0.15) is 5.01 Å². The molecule has 2 heterocycles. The molecule has 23 heavy (non-hydrogen) atoms. The van der Waals surface area contributed by atoms with Crippen LogP contribution < -0.4 is 4.74 Å². The zero-order valence-electron chi connectivity index (χ0n) is 12.7. The van der Waals surface area contributed by atoms with Gasteiger partial charge < -0.3 is 13.9 Å². The van der Waals surface area contributed by atoms with Crippen molar-refractivity contribution in [2.75, 3.05) is 6.61 Å². The first-order valence-electron chi connectivity index (χ1n) is 7.01. The van der Waals surface area contributed by atoms with Gasteiger partial charge in [0.2, 0.25) is 11.8 Å². The zero-order valence-corrected chi connectivity index (χ0v) is 13.4. The van der Waals surface area contributed by atoms with Gasteiger partial charge in [0.1, 0.15) is 5.75 Å². The summed E-state index contributed by atoms with van der Waals surface area (Å²) in [5.74, 6) is 1.23. The highest BCUT2D eigenvalue weighted by atomic mass is 35.5. The molecule has 3 rings (SSSR count). The molecular formula is C16H15ClN2O4. The molecule has 0 spiro atoms. The summed E-state index contributed by atoms with van der Waals surface area (Å²) in [4.78, 5) is 11.7. The van der Waals surface area contributed by atoms with Gasteiger partial charge in [0.15, 0.2) is 12.4 Å². The van der Waals surface area contributed by atoms with Crippen molar-refractivity contribution >= 4 is 23.4 Å². The van der Waals surface area contributed by atoms with Gasteiger partial charge in [-0.25, -0.2) is 0 Å². The number of nitrogens with zero attached hydrogens (tertiary/aromatic N) is 2. The minimum Gasteiger partial charge on any atom is -0.484 e. The van der Waals surface area contributed by atoms with Gasteiger partial charge in [-0.1, -0.05) is 11.6 Å². The Bertz CT molecular complexity index is 743. The van der Waals surface area contributed by atoms with E-state index in [-0.39, 0.29) is 12.5 Å². The summed E-state index contributed by atoms with van der Waals surface area (Å²) in [6, 6.07) is 8.78. The largest absolute Gasteiger partial charge is 0.484 e. The standard InChI is InChI=1S/C16H15ClN2O4/c1-10-8-12(17)5-6-13(10)22-9-15-18-19(11(2)20)16(23-15)14-4-3-7-21-14/h3-8,16H,9H2,1-2H3/t16-/m1/s1. The van der Waals surface area contributed by atoms with Gasteiger partial charge in [0, 0.05) is 11.9 Å². The number of aryl methyl sites for hydroxylation is 1. The fourth-order valence-electron chi connectivity index (χ4n) is 2.20. The molecule has 0 N–H and O–H groups in total. The molecular weight excluding hydrogens is 320 g/mol. The van der Waals surface area contributed by atoms with Crippen molar-refractivity contribution in [3.05, 3.63) is 52.9 Å². The van der Waals surface area contributed by atoms with Crippen LogP contribution in [0.1, 0.15) is 24.5 Å². The van der Waals surface area contributed by atoms with Gasteiger partial charge in [0.05, 0.1) is 6.26 Å². The normalized spacial score (nSPS) is 16.9. The lowest BCUT2D eigenvalue weighted by Gasteiger charge is -2.16. The molecule has 120 valence electrons. The molecule has 0 radical (unpaired) electrons. The van der Waals surface area contributed by atoms with E-state index in [2.05, 4.69) is 5.10 Å². The predicted molar refractivity (Wildman–Crippen MR) is 84.2 cm³/mol. The first kappa shape index (κ1) is 15.4. The number of hydrazone groups is 1. The zero-order chi connectivity index (χ0) is 16.4. The van der Waals surface area contributed by atoms with E-state index < -0.39 is 6.23 Å². The third-order valence-corrected chi connectivity index (χ3v) is 3.52. The summed E-state index contributed by atoms with van der Waals surface area (Å²) in [5, 5.41) is 6.03. The first-order chi connectivity index (χ1) is 11.0. The second kappa shape index (κ2) is 6.34. The molecule has 7 heteroatoms. The van der Waals surface area contributed by atoms with Crippen molar-refractivity contribution < 1.29 is 18.7 Å². The minimum absolute atomic E-state index is 0.101. The van der Waals surface area contributed by atoms with Gasteiger partial charge in [-0.05, 0) is 42.8 Å². The second-order valence-corrected chi connectivity index (χ2v) is 5.48. The van der Waals surface area contributed by atoms with E-state index in [1.807, 2.05) is 13.0 Å². The third kappa shape index (κ3) is 3.32. The number of carbonyl (C=O) groups is 1. The molecule has 1 aromatic heterocycles. The van der Waals surface area contributed by atoms with Crippen LogP contribution in [0.3, 0.4) is 0 Å². The van der Waals surface area contributed by atoms with Gasteiger partial charge in [-0.15, -0.1) is 5.10 Å². The summed E-state index contributed by atoms with van der Waals surface area (Å²) in [6.45, 7) is 3.41. The number of furan rings is 1. The van der Waals surface area contributed by atoms with Crippen molar-refractivity contribution in [3.63, 3.8) is 0 Å². The molecule has 0 aliphatic carbocycles. The Morgan fingerprint density at radius 3 is 2.91 bits per heavy atom. The topological polar surface area (TPSA) is 64.3 Å². The molecule has 1 atom stereocenters. The molecule has 0 fully saturated rings. The van der Waals surface area contributed by atoms with Crippen molar-refractivity contribution in [3.8, 4) is 5.75 Å². The smallest absolute Gasteiger partial charge is 0.254 e. The quantitative estimate of drug-likeness (QED) is 0.858. The molecule has 1 aromatic carbocycles. The molecule has 0 unspecified atom stereocenters.